The van der Waals surface area contributed by atoms with E-state index < -0.39 is 0 Å². The number of carbonyl (C=O) groups excluding carboxylic acids is 2. The summed E-state index contributed by atoms with van der Waals surface area (Å²) in [6.45, 7) is 2.58. The third kappa shape index (κ3) is 4.86. The highest BCUT2D eigenvalue weighted by molar-refractivity contribution is 6.30. The van der Waals surface area contributed by atoms with Gasteiger partial charge in [-0.25, -0.2) is 0 Å². The van der Waals surface area contributed by atoms with E-state index in [1.165, 1.54) is 0 Å². The minimum absolute atomic E-state index is 0.0993. The van der Waals surface area contributed by atoms with Gasteiger partial charge < -0.3 is 14.8 Å². The maximum Gasteiger partial charge on any atom is 0.227 e. The summed E-state index contributed by atoms with van der Waals surface area (Å²) in [6.07, 6.45) is 5.25. The van der Waals surface area contributed by atoms with Crippen molar-refractivity contribution in [1.82, 2.24) is 14.8 Å². The molecule has 2 amide bonds. The molecule has 1 aromatic carbocycles. The van der Waals surface area contributed by atoms with Gasteiger partial charge in [-0.15, -0.1) is 0 Å². The molecule has 1 N–H and O–H groups in total. The summed E-state index contributed by atoms with van der Waals surface area (Å²) >= 11 is 5.88. The van der Waals surface area contributed by atoms with Gasteiger partial charge in [0, 0.05) is 43.6 Å². The molecule has 2 heterocycles. The number of nitrogens with one attached hydrogen (secondary N) is 1. The van der Waals surface area contributed by atoms with Crippen LogP contribution in [0.1, 0.15) is 17.5 Å². The van der Waals surface area contributed by atoms with Crippen molar-refractivity contribution < 1.29 is 9.59 Å². The van der Waals surface area contributed by atoms with Gasteiger partial charge >= 0.3 is 0 Å². The molecule has 1 aromatic heterocycles. The molecule has 2 aromatic rings. The zero-order valence-corrected chi connectivity index (χ0v) is 14.8. The van der Waals surface area contributed by atoms with E-state index in [9.17, 15) is 9.59 Å². The third-order valence-electron chi connectivity index (χ3n) is 4.49. The second-order valence-electron chi connectivity index (χ2n) is 6.31. The highest BCUT2D eigenvalue weighted by atomic mass is 35.5. The van der Waals surface area contributed by atoms with Gasteiger partial charge in [-0.2, -0.15) is 0 Å². The van der Waals surface area contributed by atoms with Crippen molar-refractivity contribution in [3.63, 3.8) is 0 Å². The second-order valence-corrected chi connectivity index (χ2v) is 6.75. The highest BCUT2D eigenvalue weighted by Gasteiger charge is 2.22. The molecule has 0 radical (unpaired) electrons. The van der Waals surface area contributed by atoms with E-state index in [1.54, 1.807) is 12.1 Å². The van der Waals surface area contributed by atoms with Crippen LogP contribution in [0.15, 0.2) is 42.7 Å². The van der Waals surface area contributed by atoms with Crippen LogP contribution < -0.4 is 0 Å². The summed E-state index contributed by atoms with van der Waals surface area (Å²) in [7, 11) is 0. The molecule has 1 fully saturated rings. The number of nitrogens with zero attached hydrogens (tertiary/aromatic N) is 2. The number of hydrogen-bond donors (Lipinski definition) is 1. The van der Waals surface area contributed by atoms with Gasteiger partial charge in [-0.05, 0) is 35.7 Å². The number of halogens is 1. The lowest BCUT2D eigenvalue weighted by Crippen LogP contribution is -2.38. The molecule has 0 saturated carbocycles. The van der Waals surface area contributed by atoms with Gasteiger partial charge in [0.1, 0.15) is 0 Å². The number of aromatic nitrogens is 1. The largest absolute Gasteiger partial charge is 0.367 e. The van der Waals surface area contributed by atoms with Crippen LogP contribution in [-0.2, 0) is 22.4 Å². The smallest absolute Gasteiger partial charge is 0.227 e. The molecule has 1 saturated heterocycles. The summed E-state index contributed by atoms with van der Waals surface area (Å²) in [6, 6.07) is 9.27. The van der Waals surface area contributed by atoms with E-state index >= 15 is 0 Å². The van der Waals surface area contributed by atoms with Crippen molar-refractivity contribution in [3.8, 4) is 0 Å². The quantitative estimate of drug-likeness (QED) is 0.912. The van der Waals surface area contributed by atoms with Crippen LogP contribution in [0.25, 0.3) is 0 Å². The van der Waals surface area contributed by atoms with E-state index in [2.05, 4.69) is 4.98 Å². The minimum Gasteiger partial charge on any atom is -0.367 e. The number of H-pyrrole nitrogens is 1. The summed E-state index contributed by atoms with van der Waals surface area (Å²) in [5, 5.41) is 0.669. The van der Waals surface area contributed by atoms with E-state index in [1.807, 2.05) is 40.4 Å². The Morgan fingerprint density at radius 3 is 2.04 bits per heavy atom. The average molecular weight is 360 g/mol. The highest BCUT2D eigenvalue weighted by Crippen LogP contribution is 2.12. The van der Waals surface area contributed by atoms with Crippen LogP contribution in [0.3, 0.4) is 0 Å². The van der Waals surface area contributed by atoms with Gasteiger partial charge in [0.15, 0.2) is 0 Å². The van der Waals surface area contributed by atoms with E-state index in [-0.39, 0.29) is 11.8 Å². The monoisotopic (exact) mass is 359 g/mol. The Morgan fingerprint density at radius 1 is 0.880 bits per heavy atom. The van der Waals surface area contributed by atoms with E-state index in [4.69, 9.17) is 11.6 Å². The number of hydrogen-bond acceptors (Lipinski definition) is 2. The van der Waals surface area contributed by atoms with Crippen molar-refractivity contribution in [2.75, 3.05) is 26.2 Å². The van der Waals surface area contributed by atoms with Gasteiger partial charge in [-0.1, -0.05) is 23.7 Å². The van der Waals surface area contributed by atoms with Gasteiger partial charge in [0.05, 0.1) is 12.8 Å². The summed E-state index contributed by atoms with van der Waals surface area (Å²) in [5.74, 6) is 0.217. The molecule has 0 aliphatic carbocycles. The Bertz CT molecular complexity index is 713. The summed E-state index contributed by atoms with van der Waals surface area (Å²) in [4.78, 5) is 31.6. The molecule has 25 heavy (non-hydrogen) atoms. The number of amides is 2. The SMILES string of the molecule is O=C(Cc1ccc(Cl)cc1)N1CCCN(C(=O)Cc2cc[nH]c2)CC1. The topological polar surface area (TPSA) is 56.4 Å². The Hall–Kier alpha value is -2.27. The Labute approximate surface area is 152 Å². The predicted octanol–water partition coefficient (Wildman–Crippen LogP) is 2.51. The van der Waals surface area contributed by atoms with Crippen molar-refractivity contribution in [2.45, 2.75) is 19.3 Å². The zero-order chi connectivity index (χ0) is 17.6. The number of rotatable bonds is 4. The fourth-order valence-electron chi connectivity index (χ4n) is 3.06. The van der Waals surface area contributed by atoms with Crippen LogP contribution in [0.4, 0.5) is 0 Å². The first-order valence-electron chi connectivity index (χ1n) is 8.53. The second kappa shape index (κ2) is 8.21. The van der Waals surface area contributed by atoms with Crippen molar-refractivity contribution >= 4 is 23.4 Å². The first kappa shape index (κ1) is 17.5. The number of benzene rings is 1. The predicted molar refractivity (Wildman–Crippen MR) is 97.4 cm³/mol. The zero-order valence-electron chi connectivity index (χ0n) is 14.1. The van der Waals surface area contributed by atoms with E-state index in [0.717, 1.165) is 17.5 Å². The fourth-order valence-corrected chi connectivity index (χ4v) is 3.19. The molecule has 6 heteroatoms. The molecular formula is C19H22ClN3O2. The molecule has 3 rings (SSSR count). The van der Waals surface area contributed by atoms with Crippen LogP contribution >= 0.6 is 11.6 Å². The molecule has 0 atom stereocenters. The van der Waals surface area contributed by atoms with Crippen molar-refractivity contribution in [3.05, 3.63) is 58.9 Å². The first-order chi connectivity index (χ1) is 12.1. The normalized spacial score (nSPS) is 15.1. The summed E-state index contributed by atoms with van der Waals surface area (Å²) < 4.78 is 0. The van der Waals surface area contributed by atoms with Crippen LogP contribution in [0, 0.1) is 0 Å². The molecule has 5 nitrogen and oxygen atoms in total. The van der Waals surface area contributed by atoms with Crippen LogP contribution in [0.5, 0.6) is 0 Å². The minimum atomic E-state index is 0.0993. The lowest BCUT2D eigenvalue weighted by Gasteiger charge is -2.22. The molecule has 1 aliphatic rings. The maximum absolute atomic E-state index is 12.5. The molecule has 0 unspecified atom stereocenters. The Balaban J connectivity index is 1.53. The van der Waals surface area contributed by atoms with Crippen LogP contribution in [-0.4, -0.2) is 52.8 Å². The standard InChI is InChI=1S/C19H22ClN3O2/c20-17-4-2-15(3-5-17)12-18(24)22-8-1-9-23(11-10-22)19(25)13-16-6-7-21-14-16/h2-7,14,21H,1,8-13H2. The number of aromatic amines is 1. The first-order valence-corrected chi connectivity index (χ1v) is 8.91. The van der Waals surface area contributed by atoms with Gasteiger partial charge in [-0.3, -0.25) is 9.59 Å². The fraction of sp³-hybridized carbons (Fsp3) is 0.368. The maximum atomic E-state index is 12.5. The lowest BCUT2D eigenvalue weighted by molar-refractivity contribution is -0.132. The third-order valence-corrected chi connectivity index (χ3v) is 4.74. The van der Waals surface area contributed by atoms with Crippen molar-refractivity contribution in [1.29, 1.82) is 0 Å². The Kier molecular flexibility index (Phi) is 5.76. The van der Waals surface area contributed by atoms with Crippen molar-refractivity contribution in [2.24, 2.45) is 0 Å². The van der Waals surface area contributed by atoms with Gasteiger partial charge in [0.2, 0.25) is 11.8 Å². The molecule has 0 spiro atoms. The van der Waals surface area contributed by atoms with Gasteiger partial charge in [0.25, 0.3) is 0 Å². The number of carbonyl (C=O) groups is 2. The molecule has 1 aliphatic heterocycles. The molecule has 0 bridgehead atoms. The molecule has 132 valence electrons. The van der Waals surface area contributed by atoms with E-state index in [0.29, 0.717) is 44.0 Å². The molecular weight excluding hydrogens is 338 g/mol. The van der Waals surface area contributed by atoms with Crippen LogP contribution in [0.2, 0.25) is 5.02 Å². The summed E-state index contributed by atoms with van der Waals surface area (Å²) in [5.41, 5.74) is 1.95. The average Bonchev–Trinajstić information content (AvgIpc) is 2.98. The Morgan fingerprint density at radius 2 is 1.48 bits per heavy atom. The lowest BCUT2D eigenvalue weighted by atomic mass is 10.1.